The van der Waals surface area contributed by atoms with E-state index in [9.17, 15) is 4.79 Å². The van der Waals surface area contributed by atoms with Crippen molar-refractivity contribution in [2.24, 2.45) is 17.6 Å². The Balaban J connectivity index is 0.00000289. The summed E-state index contributed by atoms with van der Waals surface area (Å²) < 4.78 is 0. The van der Waals surface area contributed by atoms with Crippen molar-refractivity contribution in [1.82, 2.24) is 10.2 Å². The van der Waals surface area contributed by atoms with Gasteiger partial charge in [-0.2, -0.15) is 0 Å². The topological polar surface area (TPSA) is 58.4 Å². The van der Waals surface area contributed by atoms with E-state index in [1.165, 1.54) is 6.42 Å². The summed E-state index contributed by atoms with van der Waals surface area (Å²) in [5, 5.41) is 2.96. The molecule has 0 aromatic rings. The van der Waals surface area contributed by atoms with E-state index in [4.69, 9.17) is 5.73 Å². The fourth-order valence-electron chi connectivity index (χ4n) is 2.24. The number of amides is 1. The zero-order valence-electron chi connectivity index (χ0n) is 11.8. The van der Waals surface area contributed by atoms with Gasteiger partial charge in [-0.1, -0.05) is 13.8 Å². The highest BCUT2D eigenvalue weighted by Gasteiger charge is 2.23. The van der Waals surface area contributed by atoms with Crippen LogP contribution < -0.4 is 11.1 Å². The maximum atomic E-state index is 11.7. The molecule has 1 fully saturated rings. The summed E-state index contributed by atoms with van der Waals surface area (Å²) in [6.45, 7) is 9.55. The third kappa shape index (κ3) is 6.57. The normalized spacial score (nSPS) is 22.4. The Bertz CT molecular complexity index is 246. The lowest BCUT2D eigenvalue weighted by Crippen LogP contribution is -2.46. The lowest BCUT2D eigenvalue weighted by atomic mass is 9.92. The van der Waals surface area contributed by atoms with Crippen LogP contribution in [0.1, 0.15) is 33.6 Å². The standard InChI is InChI=1S/C13H27N3O.ClH/c1-10(2)7-15-13(17)9-16-6-4-5-12(8-16)11(3)14;/h10-12H,4-9,14H2,1-3H3,(H,15,17);1H. The van der Waals surface area contributed by atoms with Crippen molar-refractivity contribution in [2.45, 2.75) is 39.7 Å². The smallest absolute Gasteiger partial charge is 0.234 e. The molecule has 1 saturated heterocycles. The molecule has 3 N–H and O–H groups in total. The van der Waals surface area contributed by atoms with Crippen molar-refractivity contribution < 1.29 is 4.79 Å². The quantitative estimate of drug-likeness (QED) is 0.795. The number of hydrogen-bond acceptors (Lipinski definition) is 3. The van der Waals surface area contributed by atoms with Gasteiger partial charge < -0.3 is 11.1 Å². The number of carbonyl (C=O) groups excluding carboxylic acids is 1. The predicted octanol–water partition coefficient (Wildman–Crippen LogP) is 1.24. The van der Waals surface area contributed by atoms with Crippen LogP contribution in [0.2, 0.25) is 0 Å². The molecule has 1 aliphatic heterocycles. The second-order valence-electron chi connectivity index (χ2n) is 5.69. The zero-order chi connectivity index (χ0) is 12.8. The molecule has 5 heteroatoms. The van der Waals surface area contributed by atoms with Crippen molar-refractivity contribution in [3.05, 3.63) is 0 Å². The molecule has 0 saturated carbocycles. The number of nitrogens with two attached hydrogens (primary N) is 1. The first-order valence-electron chi connectivity index (χ1n) is 6.73. The van der Waals surface area contributed by atoms with Crippen molar-refractivity contribution >= 4 is 18.3 Å². The van der Waals surface area contributed by atoms with E-state index in [1.54, 1.807) is 0 Å². The van der Waals surface area contributed by atoms with Gasteiger partial charge in [0.05, 0.1) is 6.54 Å². The van der Waals surface area contributed by atoms with Crippen molar-refractivity contribution in [2.75, 3.05) is 26.2 Å². The Morgan fingerprint density at radius 1 is 1.44 bits per heavy atom. The Kier molecular flexibility index (Phi) is 8.57. The lowest BCUT2D eigenvalue weighted by Gasteiger charge is -2.34. The average Bonchev–Trinajstić information content (AvgIpc) is 2.26. The SMILES string of the molecule is CC(C)CNC(=O)CN1CCCC(C(C)N)C1.Cl. The highest BCUT2D eigenvalue weighted by Crippen LogP contribution is 2.18. The third-order valence-electron chi connectivity index (χ3n) is 3.36. The van der Waals surface area contributed by atoms with Crippen LogP contribution in [-0.2, 0) is 4.79 Å². The molecule has 2 atom stereocenters. The molecule has 1 aliphatic rings. The maximum absolute atomic E-state index is 11.7. The van der Waals surface area contributed by atoms with Gasteiger partial charge in [0, 0.05) is 19.1 Å². The van der Waals surface area contributed by atoms with Crippen LogP contribution in [0.15, 0.2) is 0 Å². The van der Waals surface area contributed by atoms with Gasteiger partial charge >= 0.3 is 0 Å². The van der Waals surface area contributed by atoms with Crippen LogP contribution in [-0.4, -0.2) is 43.0 Å². The first-order chi connectivity index (χ1) is 7.99. The number of piperidine rings is 1. The summed E-state index contributed by atoms with van der Waals surface area (Å²) in [5.41, 5.74) is 5.93. The minimum Gasteiger partial charge on any atom is -0.355 e. The molecule has 0 aromatic heterocycles. The lowest BCUT2D eigenvalue weighted by molar-refractivity contribution is -0.122. The van der Waals surface area contributed by atoms with Gasteiger partial charge in [-0.05, 0) is 38.1 Å². The molecule has 0 bridgehead atoms. The fourth-order valence-corrected chi connectivity index (χ4v) is 2.24. The highest BCUT2D eigenvalue weighted by molar-refractivity contribution is 5.85. The first kappa shape index (κ1) is 17.7. The summed E-state index contributed by atoms with van der Waals surface area (Å²) in [5.74, 6) is 1.20. The Morgan fingerprint density at radius 3 is 2.67 bits per heavy atom. The van der Waals surface area contributed by atoms with Crippen LogP contribution in [0.3, 0.4) is 0 Å². The van der Waals surface area contributed by atoms with Crippen LogP contribution in [0.25, 0.3) is 0 Å². The van der Waals surface area contributed by atoms with Gasteiger partial charge in [0.25, 0.3) is 0 Å². The van der Waals surface area contributed by atoms with Gasteiger partial charge in [-0.3, -0.25) is 9.69 Å². The van der Waals surface area contributed by atoms with E-state index < -0.39 is 0 Å². The second kappa shape index (κ2) is 8.73. The first-order valence-corrected chi connectivity index (χ1v) is 6.73. The summed E-state index contributed by atoms with van der Waals surface area (Å²) in [7, 11) is 0. The molecule has 1 heterocycles. The molecule has 2 unspecified atom stereocenters. The number of carbonyl (C=O) groups is 1. The summed E-state index contributed by atoms with van der Waals surface area (Å²) >= 11 is 0. The molecule has 0 aliphatic carbocycles. The van der Waals surface area contributed by atoms with Gasteiger partial charge in [-0.25, -0.2) is 0 Å². The second-order valence-corrected chi connectivity index (χ2v) is 5.69. The van der Waals surface area contributed by atoms with E-state index in [1.807, 2.05) is 0 Å². The van der Waals surface area contributed by atoms with Crippen molar-refractivity contribution in [3.8, 4) is 0 Å². The molecule has 1 amide bonds. The van der Waals surface area contributed by atoms with Gasteiger partial charge in [0.15, 0.2) is 0 Å². The minimum atomic E-state index is 0. The maximum Gasteiger partial charge on any atom is 0.234 e. The average molecular weight is 278 g/mol. The van der Waals surface area contributed by atoms with Crippen LogP contribution in [0, 0.1) is 11.8 Å². The van der Waals surface area contributed by atoms with Crippen LogP contribution in [0.5, 0.6) is 0 Å². The number of halogens is 1. The van der Waals surface area contributed by atoms with E-state index in [0.717, 1.165) is 26.1 Å². The van der Waals surface area contributed by atoms with Gasteiger partial charge in [0.1, 0.15) is 0 Å². The Labute approximate surface area is 117 Å². The van der Waals surface area contributed by atoms with E-state index in [0.29, 0.717) is 18.4 Å². The third-order valence-corrected chi connectivity index (χ3v) is 3.36. The van der Waals surface area contributed by atoms with E-state index >= 15 is 0 Å². The Hall–Kier alpha value is -0.320. The number of nitrogens with one attached hydrogen (secondary N) is 1. The fraction of sp³-hybridized carbons (Fsp3) is 0.923. The number of hydrogen-bond donors (Lipinski definition) is 2. The largest absolute Gasteiger partial charge is 0.355 e. The Morgan fingerprint density at radius 2 is 2.11 bits per heavy atom. The minimum absolute atomic E-state index is 0. The van der Waals surface area contributed by atoms with Crippen molar-refractivity contribution in [3.63, 3.8) is 0 Å². The molecule has 108 valence electrons. The van der Waals surface area contributed by atoms with Crippen molar-refractivity contribution in [1.29, 1.82) is 0 Å². The number of rotatable bonds is 5. The number of likely N-dealkylation sites (tertiary alicyclic amines) is 1. The van der Waals surface area contributed by atoms with Gasteiger partial charge in [0.2, 0.25) is 5.91 Å². The van der Waals surface area contributed by atoms with Gasteiger partial charge in [-0.15, -0.1) is 12.4 Å². The van der Waals surface area contributed by atoms with Crippen LogP contribution in [0.4, 0.5) is 0 Å². The molecule has 0 spiro atoms. The highest BCUT2D eigenvalue weighted by atomic mass is 35.5. The molecule has 1 rings (SSSR count). The van der Waals surface area contributed by atoms with E-state index in [-0.39, 0.29) is 24.4 Å². The molecule has 18 heavy (non-hydrogen) atoms. The number of nitrogens with zero attached hydrogens (tertiary/aromatic N) is 1. The summed E-state index contributed by atoms with van der Waals surface area (Å²) in [6.07, 6.45) is 2.35. The monoisotopic (exact) mass is 277 g/mol. The molecule has 0 radical (unpaired) electrons. The van der Waals surface area contributed by atoms with Crippen LogP contribution >= 0.6 is 12.4 Å². The molecular formula is C13H28ClN3O. The molecular weight excluding hydrogens is 250 g/mol. The molecule has 4 nitrogen and oxygen atoms in total. The summed E-state index contributed by atoms with van der Waals surface area (Å²) in [6, 6.07) is 0.233. The summed E-state index contributed by atoms with van der Waals surface area (Å²) in [4.78, 5) is 13.9. The predicted molar refractivity (Wildman–Crippen MR) is 77.9 cm³/mol. The molecule has 0 aromatic carbocycles. The van der Waals surface area contributed by atoms with E-state index in [2.05, 4.69) is 31.0 Å². The zero-order valence-corrected chi connectivity index (χ0v) is 12.6.